The van der Waals surface area contributed by atoms with Crippen LogP contribution in [0, 0.1) is 5.82 Å². The summed E-state index contributed by atoms with van der Waals surface area (Å²) >= 11 is 0. The summed E-state index contributed by atoms with van der Waals surface area (Å²) in [6.45, 7) is 0.523. The van der Waals surface area contributed by atoms with Gasteiger partial charge < -0.3 is 10.0 Å². The summed E-state index contributed by atoms with van der Waals surface area (Å²) in [6.07, 6.45) is 0.670. The molecule has 0 spiro atoms. The van der Waals surface area contributed by atoms with E-state index in [2.05, 4.69) is 0 Å². The predicted octanol–water partition coefficient (Wildman–Crippen LogP) is 2.64. The number of hydrogen-bond acceptors (Lipinski definition) is 2. The van der Waals surface area contributed by atoms with E-state index in [1.165, 1.54) is 24.3 Å². The molecule has 3 nitrogen and oxygen atoms in total. The Hall–Kier alpha value is -2.20. The number of carbonyl (C=O) groups is 1. The Balaban J connectivity index is 1.79. The molecule has 2 aromatic rings. The maximum Gasteiger partial charge on any atom is 0.254 e. The molecule has 1 fully saturated rings. The van der Waals surface area contributed by atoms with Crippen molar-refractivity contribution in [3.63, 3.8) is 0 Å². The van der Waals surface area contributed by atoms with Gasteiger partial charge in [-0.05, 0) is 42.7 Å². The molecule has 1 heterocycles. The van der Waals surface area contributed by atoms with Crippen LogP contribution in [0.2, 0.25) is 0 Å². The summed E-state index contributed by atoms with van der Waals surface area (Å²) in [7, 11) is 0. The van der Waals surface area contributed by atoms with Crippen LogP contribution in [0.25, 0.3) is 0 Å². The molecule has 22 heavy (non-hydrogen) atoms. The highest BCUT2D eigenvalue weighted by molar-refractivity contribution is 5.94. The molecule has 1 amide bonds. The van der Waals surface area contributed by atoms with Crippen molar-refractivity contribution < 1.29 is 14.3 Å². The van der Waals surface area contributed by atoms with E-state index in [1.807, 2.05) is 30.3 Å². The van der Waals surface area contributed by atoms with E-state index in [0.29, 0.717) is 24.9 Å². The average Bonchev–Trinajstić information content (AvgIpc) is 2.89. The molecule has 0 radical (unpaired) electrons. The van der Waals surface area contributed by atoms with Crippen LogP contribution in [0.15, 0.2) is 54.6 Å². The topological polar surface area (TPSA) is 40.5 Å². The molecule has 1 aliphatic rings. The molecule has 2 atom stereocenters. The summed E-state index contributed by atoms with van der Waals surface area (Å²) in [6, 6.07) is 15.1. The van der Waals surface area contributed by atoms with Gasteiger partial charge in [-0.3, -0.25) is 4.79 Å². The monoisotopic (exact) mass is 299 g/mol. The molecule has 114 valence electrons. The lowest BCUT2D eigenvalue weighted by molar-refractivity contribution is 0.0640. The molecule has 2 aromatic carbocycles. The first kappa shape index (κ1) is 14.7. The van der Waals surface area contributed by atoms with E-state index in [4.69, 9.17) is 0 Å². The van der Waals surface area contributed by atoms with Crippen molar-refractivity contribution >= 4 is 5.91 Å². The SMILES string of the molecule is O=C(c1ccc(F)cc1)N1CC[C@@H](O)[C@H]1Cc1ccccc1. The van der Waals surface area contributed by atoms with Gasteiger partial charge in [-0.1, -0.05) is 30.3 Å². The summed E-state index contributed by atoms with van der Waals surface area (Å²) in [5.41, 5.74) is 1.54. The van der Waals surface area contributed by atoms with Crippen molar-refractivity contribution in [2.75, 3.05) is 6.54 Å². The molecule has 0 aliphatic carbocycles. The fraction of sp³-hybridized carbons (Fsp3) is 0.278. The third-order valence-corrected chi connectivity index (χ3v) is 4.15. The van der Waals surface area contributed by atoms with Crippen LogP contribution in [0.3, 0.4) is 0 Å². The van der Waals surface area contributed by atoms with Crippen molar-refractivity contribution in [3.8, 4) is 0 Å². The fourth-order valence-corrected chi connectivity index (χ4v) is 2.95. The van der Waals surface area contributed by atoms with Crippen molar-refractivity contribution in [3.05, 3.63) is 71.5 Å². The number of benzene rings is 2. The van der Waals surface area contributed by atoms with Crippen LogP contribution in [0.4, 0.5) is 4.39 Å². The van der Waals surface area contributed by atoms with Crippen LogP contribution in [-0.4, -0.2) is 34.6 Å². The number of rotatable bonds is 3. The summed E-state index contributed by atoms with van der Waals surface area (Å²) in [5.74, 6) is -0.517. The summed E-state index contributed by atoms with van der Waals surface area (Å²) in [5, 5.41) is 10.2. The summed E-state index contributed by atoms with van der Waals surface area (Å²) < 4.78 is 13.0. The Kier molecular flexibility index (Phi) is 4.20. The zero-order valence-electron chi connectivity index (χ0n) is 12.2. The Morgan fingerprint density at radius 3 is 2.50 bits per heavy atom. The van der Waals surface area contributed by atoms with Crippen molar-refractivity contribution in [1.82, 2.24) is 4.90 Å². The van der Waals surface area contributed by atoms with Gasteiger partial charge in [0.05, 0.1) is 12.1 Å². The number of hydrogen-bond donors (Lipinski definition) is 1. The molecule has 4 heteroatoms. The van der Waals surface area contributed by atoms with Crippen LogP contribution < -0.4 is 0 Å². The highest BCUT2D eigenvalue weighted by Crippen LogP contribution is 2.24. The quantitative estimate of drug-likeness (QED) is 0.946. The third-order valence-electron chi connectivity index (χ3n) is 4.15. The van der Waals surface area contributed by atoms with Crippen LogP contribution in [-0.2, 0) is 6.42 Å². The van der Waals surface area contributed by atoms with Gasteiger partial charge in [-0.25, -0.2) is 4.39 Å². The predicted molar refractivity (Wildman–Crippen MR) is 82.0 cm³/mol. The van der Waals surface area contributed by atoms with Crippen molar-refractivity contribution in [2.24, 2.45) is 0 Å². The molecule has 0 bridgehead atoms. The lowest BCUT2D eigenvalue weighted by Gasteiger charge is -2.26. The lowest BCUT2D eigenvalue weighted by atomic mass is 10.0. The first-order valence-electron chi connectivity index (χ1n) is 7.43. The maximum absolute atomic E-state index is 13.0. The Bertz CT molecular complexity index is 642. The minimum absolute atomic E-state index is 0.155. The van der Waals surface area contributed by atoms with E-state index in [9.17, 15) is 14.3 Å². The number of aliphatic hydroxyl groups excluding tert-OH is 1. The van der Waals surface area contributed by atoms with Crippen LogP contribution >= 0.6 is 0 Å². The Morgan fingerprint density at radius 2 is 1.82 bits per heavy atom. The van der Waals surface area contributed by atoms with Gasteiger partial charge in [0.15, 0.2) is 0 Å². The van der Waals surface area contributed by atoms with Crippen LogP contribution in [0.5, 0.6) is 0 Å². The molecular formula is C18H18FNO2. The first-order valence-corrected chi connectivity index (χ1v) is 7.43. The molecular weight excluding hydrogens is 281 g/mol. The van der Waals surface area contributed by atoms with Gasteiger partial charge in [0, 0.05) is 12.1 Å². The van der Waals surface area contributed by atoms with E-state index < -0.39 is 6.10 Å². The highest BCUT2D eigenvalue weighted by Gasteiger charge is 2.36. The largest absolute Gasteiger partial charge is 0.391 e. The van der Waals surface area contributed by atoms with Gasteiger partial charge in [-0.15, -0.1) is 0 Å². The van der Waals surface area contributed by atoms with Gasteiger partial charge in [0.2, 0.25) is 0 Å². The molecule has 0 unspecified atom stereocenters. The number of carbonyl (C=O) groups excluding carboxylic acids is 1. The number of nitrogens with zero attached hydrogens (tertiary/aromatic N) is 1. The zero-order valence-corrected chi connectivity index (χ0v) is 12.2. The number of aliphatic hydroxyl groups is 1. The van der Waals surface area contributed by atoms with Gasteiger partial charge in [-0.2, -0.15) is 0 Å². The summed E-state index contributed by atoms with van der Waals surface area (Å²) in [4.78, 5) is 14.3. The third kappa shape index (κ3) is 3.02. The second kappa shape index (κ2) is 6.28. The van der Waals surface area contributed by atoms with E-state index in [-0.39, 0.29) is 17.8 Å². The average molecular weight is 299 g/mol. The minimum Gasteiger partial charge on any atom is -0.391 e. The second-order valence-electron chi connectivity index (χ2n) is 5.62. The Labute approximate surface area is 129 Å². The molecule has 0 aromatic heterocycles. The lowest BCUT2D eigenvalue weighted by Crippen LogP contribution is -2.41. The van der Waals surface area contributed by atoms with Gasteiger partial charge in [0.1, 0.15) is 5.82 Å². The molecule has 1 saturated heterocycles. The van der Waals surface area contributed by atoms with Gasteiger partial charge in [0.25, 0.3) is 5.91 Å². The Morgan fingerprint density at radius 1 is 1.14 bits per heavy atom. The maximum atomic E-state index is 13.0. The van der Waals surface area contributed by atoms with E-state index >= 15 is 0 Å². The molecule has 1 N–H and O–H groups in total. The fourth-order valence-electron chi connectivity index (χ4n) is 2.95. The number of likely N-dealkylation sites (tertiary alicyclic amines) is 1. The molecule has 0 saturated carbocycles. The minimum atomic E-state index is -0.524. The van der Waals surface area contributed by atoms with Crippen molar-refractivity contribution in [1.29, 1.82) is 0 Å². The van der Waals surface area contributed by atoms with Crippen LogP contribution in [0.1, 0.15) is 22.3 Å². The zero-order chi connectivity index (χ0) is 15.5. The first-order chi connectivity index (χ1) is 10.6. The highest BCUT2D eigenvalue weighted by atomic mass is 19.1. The molecule has 1 aliphatic heterocycles. The number of halogens is 1. The van der Waals surface area contributed by atoms with E-state index in [0.717, 1.165) is 5.56 Å². The van der Waals surface area contributed by atoms with Crippen molar-refractivity contribution in [2.45, 2.75) is 25.0 Å². The van der Waals surface area contributed by atoms with E-state index in [1.54, 1.807) is 4.90 Å². The van der Waals surface area contributed by atoms with Gasteiger partial charge >= 0.3 is 0 Å². The standard InChI is InChI=1S/C18H18FNO2/c19-15-8-6-14(7-9-15)18(22)20-11-10-17(21)16(20)12-13-4-2-1-3-5-13/h1-9,16-17,21H,10-12H2/t16-,17-/m1/s1. The smallest absolute Gasteiger partial charge is 0.254 e. The molecule has 3 rings (SSSR count). The second-order valence-corrected chi connectivity index (χ2v) is 5.62. The number of amides is 1. The normalized spacial score (nSPS) is 21.1.